The molecule has 1 aliphatic rings. The van der Waals surface area contributed by atoms with Crippen molar-refractivity contribution in [3.05, 3.63) is 42.2 Å². The summed E-state index contributed by atoms with van der Waals surface area (Å²) >= 11 is 0. The summed E-state index contributed by atoms with van der Waals surface area (Å²) in [5.74, 6) is 0.351. The first-order valence-electron chi connectivity index (χ1n) is 6.65. The van der Waals surface area contributed by atoms with Crippen LogP contribution in [0, 0.1) is 5.82 Å². The number of hydrogen-bond acceptors (Lipinski definition) is 3. The van der Waals surface area contributed by atoms with Gasteiger partial charge in [-0.15, -0.1) is 31.4 Å². The Morgan fingerprint density at radius 3 is 2.57 bits per heavy atom. The Balaban J connectivity index is 0.00000200. The van der Waals surface area contributed by atoms with Crippen molar-refractivity contribution in [2.24, 2.45) is 0 Å². The van der Waals surface area contributed by atoms with Crippen LogP contribution in [-0.2, 0) is 0 Å². The summed E-state index contributed by atoms with van der Waals surface area (Å²) in [5.41, 5.74) is 0.725. The first-order chi connectivity index (χ1) is 9.26. The molecule has 1 saturated heterocycles. The Morgan fingerprint density at radius 2 is 2.05 bits per heavy atom. The molecule has 1 atom stereocenters. The van der Waals surface area contributed by atoms with Crippen LogP contribution >= 0.6 is 24.8 Å². The third-order valence-corrected chi connectivity index (χ3v) is 3.55. The molecule has 0 amide bonds. The highest BCUT2D eigenvalue weighted by atomic mass is 35.5. The molecule has 1 aromatic carbocycles. The zero-order valence-corrected chi connectivity index (χ0v) is 13.8. The molecule has 0 bridgehead atoms. The topological polar surface area (TPSA) is 24.5 Å². The second kappa shape index (κ2) is 10.0. The number of piperazine rings is 1. The monoisotopic (exact) mass is 336 g/mol. The van der Waals surface area contributed by atoms with Gasteiger partial charge in [0.2, 0.25) is 0 Å². The van der Waals surface area contributed by atoms with E-state index in [1.807, 2.05) is 18.2 Å². The van der Waals surface area contributed by atoms with Crippen LogP contribution in [0.4, 0.5) is 4.39 Å². The van der Waals surface area contributed by atoms with E-state index in [2.05, 4.69) is 16.8 Å². The lowest BCUT2D eigenvalue weighted by Gasteiger charge is -2.35. The fraction of sp³-hybridized carbons (Fsp3) is 0.467. The van der Waals surface area contributed by atoms with E-state index in [1.54, 1.807) is 7.11 Å². The van der Waals surface area contributed by atoms with Gasteiger partial charge in [-0.3, -0.25) is 4.90 Å². The van der Waals surface area contributed by atoms with Crippen molar-refractivity contribution in [1.82, 2.24) is 10.2 Å². The Kier molecular flexibility index (Phi) is 9.62. The molecule has 0 spiro atoms. The SMILES string of the molecule is C=CC[C@@H](c1ccc(OC)cc1F)N1CCNCC1.Cl.Cl. The van der Waals surface area contributed by atoms with Crippen LogP contribution in [0.25, 0.3) is 0 Å². The summed E-state index contributed by atoms with van der Waals surface area (Å²) in [4.78, 5) is 2.31. The molecular weight excluding hydrogens is 314 g/mol. The van der Waals surface area contributed by atoms with Gasteiger partial charge >= 0.3 is 0 Å². The maximum Gasteiger partial charge on any atom is 0.131 e. The molecule has 1 aromatic rings. The van der Waals surface area contributed by atoms with Crippen molar-refractivity contribution in [2.45, 2.75) is 12.5 Å². The molecule has 1 N–H and O–H groups in total. The van der Waals surface area contributed by atoms with Crippen molar-refractivity contribution in [3.8, 4) is 5.75 Å². The van der Waals surface area contributed by atoms with E-state index >= 15 is 0 Å². The minimum atomic E-state index is -0.204. The van der Waals surface area contributed by atoms with Gasteiger partial charge in [-0.1, -0.05) is 12.1 Å². The summed E-state index contributed by atoms with van der Waals surface area (Å²) < 4.78 is 19.3. The van der Waals surface area contributed by atoms with E-state index in [0.717, 1.165) is 38.2 Å². The smallest absolute Gasteiger partial charge is 0.131 e. The number of rotatable bonds is 5. The molecule has 0 unspecified atom stereocenters. The summed E-state index contributed by atoms with van der Waals surface area (Å²) in [6, 6.07) is 5.15. The second-order valence-corrected chi connectivity index (χ2v) is 4.71. The number of halogens is 3. The molecule has 3 nitrogen and oxygen atoms in total. The highest BCUT2D eigenvalue weighted by molar-refractivity contribution is 5.85. The molecule has 0 radical (unpaired) electrons. The van der Waals surface area contributed by atoms with Crippen LogP contribution in [0.3, 0.4) is 0 Å². The molecule has 2 rings (SSSR count). The van der Waals surface area contributed by atoms with Crippen molar-refractivity contribution in [3.63, 3.8) is 0 Å². The second-order valence-electron chi connectivity index (χ2n) is 4.71. The lowest BCUT2D eigenvalue weighted by atomic mass is 10.0. The lowest BCUT2D eigenvalue weighted by molar-refractivity contribution is 0.171. The standard InChI is InChI=1S/C15H21FN2O.2ClH/c1-3-4-15(18-9-7-17-8-10-18)13-6-5-12(19-2)11-14(13)16;;/h3,5-6,11,15,17H,1,4,7-10H2,2H3;2*1H/t15-;;/m0../s1. The van der Waals surface area contributed by atoms with Crippen LogP contribution in [0.5, 0.6) is 5.75 Å². The third-order valence-electron chi connectivity index (χ3n) is 3.55. The molecule has 0 aromatic heterocycles. The van der Waals surface area contributed by atoms with Gasteiger partial charge in [-0.05, 0) is 12.5 Å². The first-order valence-corrected chi connectivity index (χ1v) is 6.65. The van der Waals surface area contributed by atoms with Crippen LogP contribution in [-0.4, -0.2) is 38.2 Å². The van der Waals surface area contributed by atoms with E-state index in [-0.39, 0.29) is 36.7 Å². The number of ether oxygens (including phenoxy) is 1. The van der Waals surface area contributed by atoms with E-state index in [1.165, 1.54) is 6.07 Å². The van der Waals surface area contributed by atoms with E-state index in [0.29, 0.717) is 5.75 Å². The average Bonchev–Trinajstić information content (AvgIpc) is 2.46. The normalized spacial score (nSPS) is 16.3. The Morgan fingerprint density at radius 1 is 1.38 bits per heavy atom. The van der Waals surface area contributed by atoms with Crippen molar-refractivity contribution >= 4 is 24.8 Å². The van der Waals surface area contributed by atoms with Crippen LogP contribution in [0.1, 0.15) is 18.0 Å². The van der Waals surface area contributed by atoms with Crippen molar-refractivity contribution < 1.29 is 9.13 Å². The minimum absolute atomic E-state index is 0. The predicted molar refractivity (Wildman–Crippen MR) is 89.4 cm³/mol. The molecule has 6 heteroatoms. The predicted octanol–water partition coefficient (Wildman–Crippen LogP) is 3.20. The van der Waals surface area contributed by atoms with Gasteiger partial charge < -0.3 is 10.1 Å². The zero-order chi connectivity index (χ0) is 13.7. The van der Waals surface area contributed by atoms with Gasteiger partial charge in [0.1, 0.15) is 11.6 Å². The van der Waals surface area contributed by atoms with Crippen molar-refractivity contribution in [2.75, 3.05) is 33.3 Å². The van der Waals surface area contributed by atoms with Crippen LogP contribution in [0.2, 0.25) is 0 Å². The Hall–Kier alpha value is -0.810. The molecular formula is C15H23Cl2FN2O. The highest BCUT2D eigenvalue weighted by Gasteiger charge is 2.23. The molecule has 0 aliphatic carbocycles. The Labute approximate surface area is 138 Å². The first kappa shape index (κ1) is 20.2. The quantitative estimate of drug-likeness (QED) is 0.835. The minimum Gasteiger partial charge on any atom is -0.497 e. The van der Waals surface area contributed by atoms with Gasteiger partial charge in [0, 0.05) is 43.9 Å². The fourth-order valence-corrected chi connectivity index (χ4v) is 2.53. The molecule has 1 heterocycles. The Bertz CT molecular complexity index is 440. The van der Waals surface area contributed by atoms with E-state index in [4.69, 9.17) is 4.74 Å². The fourth-order valence-electron chi connectivity index (χ4n) is 2.53. The van der Waals surface area contributed by atoms with Crippen LogP contribution in [0.15, 0.2) is 30.9 Å². The maximum atomic E-state index is 14.2. The van der Waals surface area contributed by atoms with Crippen LogP contribution < -0.4 is 10.1 Å². The molecule has 21 heavy (non-hydrogen) atoms. The summed E-state index contributed by atoms with van der Waals surface area (Å²) in [6.07, 6.45) is 2.61. The lowest BCUT2D eigenvalue weighted by Crippen LogP contribution is -2.45. The molecule has 0 saturated carbocycles. The molecule has 120 valence electrons. The maximum absolute atomic E-state index is 14.2. The van der Waals surface area contributed by atoms with Gasteiger partial charge in [-0.25, -0.2) is 4.39 Å². The number of methoxy groups -OCH3 is 1. The highest BCUT2D eigenvalue weighted by Crippen LogP contribution is 2.29. The van der Waals surface area contributed by atoms with Gasteiger partial charge in [0.05, 0.1) is 7.11 Å². The third kappa shape index (κ3) is 5.15. The van der Waals surface area contributed by atoms with Crippen molar-refractivity contribution in [1.29, 1.82) is 0 Å². The van der Waals surface area contributed by atoms with E-state index in [9.17, 15) is 4.39 Å². The summed E-state index contributed by atoms with van der Waals surface area (Å²) in [7, 11) is 1.55. The van der Waals surface area contributed by atoms with Gasteiger partial charge in [-0.2, -0.15) is 0 Å². The number of nitrogens with zero attached hydrogens (tertiary/aromatic N) is 1. The van der Waals surface area contributed by atoms with Gasteiger partial charge in [0.25, 0.3) is 0 Å². The average molecular weight is 337 g/mol. The number of benzene rings is 1. The molecule has 1 aliphatic heterocycles. The number of nitrogens with one attached hydrogen (secondary N) is 1. The summed E-state index contributed by atoms with van der Waals surface area (Å²) in [6.45, 7) is 7.56. The summed E-state index contributed by atoms with van der Waals surface area (Å²) in [5, 5.41) is 3.31. The zero-order valence-electron chi connectivity index (χ0n) is 12.2. The van der Waals surface area contributed by atoms with Gasteiger partial charge in [0.15, 0.2) is 0 Å². The largest absolute Gasteiger partial charge is 0.497 e. The van der Waals surface area contributed by atoms with E-state index < -0.39 is 0 Å². The molecule has 1 fully saturated rings. The number of hydrogen-bond donors (Lipinski definition) is 1.